The molecule has 0 unspecified atom stereocenters. The van der Waals surface area contributed by atoms with E-state index in [0.29, 0.717) is 12.8 Å². The van der Waals surface area contributed by atoms with Gasteiger partial charge < -0.3 is 10.6 Å². The monoisotopic (exact) mass is 322 g/mol. The minimum absolute atomic E-state index is 0.00665. The summed E-state index contributed by atoms with van der Waals surface area (Å²) in [6, 6.07) is 3.86. The fraction of sp³-hybridized carbons (Fsp3) is 0.500. The Kier molecular flexibility index (Phi) is 5.89. The molecular formula is C14H18ClF3N2O. The molecule has 0 bridgehead atoms. The van der Waals surface area contributed by atoms with E-state index in [0.717, 1.165) is 4.90 Å². The number of carbonyl (C=O) groups excluding carboxylic acids is 1. The van der Waals surface area contributed by atoms with Gasteiger partial charge in [0.2, 0.25) is 0 Å². The molecule has 0 aromatic heterocycles. The predicted octanol–water partition coefficient (Wildman–Crippen LogP) is 4.12. The van der Waals surface area contributed by atoms with E-state index >= 15 is 0 Å². The molecule has 118 valence electrons. The lowest BCUT2D eigenvalue weighted by Gasteiger charge is -2.31. The number of benzene rings is 1. The quantitative estimate of drug-likeness (QED) is 0.829. The van der Waals surface area contributed by atoms with Gasteiger partial charge in [-0.3, -0.25) is 4.79 Å². The maximum absolute atomic E-state index is 12.7. The van der Waals surface area contributed by atoms with E-state index in [1.54, 1.807) is 13.8 Å². The lowest BCUT2D eigenvalue weighted by atomic mass is 10.1. The van der Waals surface area contributed by atoms with Crippen molar-refractivity contribution >= 4 is 23.2 Å². The summed E-state index contributed by atoms with van der Waals surface area (Å²) in [6.45, 7) is 2.18. The van der Waals surface area contributed by atoms with Gasteiger partial charge in [-0.1, -0.05) is 31.5 Å². The van der Waals surface area contributed by atoms with Crippen LogP contribution in [0.2, 0.25) is 5.02 Å². The van der Waals surface area contributed by atoms with Crippen molar-refractivity contribution in [2.75, 3.05) is 12.3 Å². The highest BCUT2D eigenvalue weighted by molar-refractivity contribution is 6.36. The first kappa shape index (κ1) is 17.6. The molecule has 21 heavy (non-hydrogen) atoms. The van der Waals surface area contributed by atoms with Crippen molar-refractivity contribution < 1.29 is 18.0 Å². The minimum Gasteiger partial charge on any atom is -0.398 e. The fourth-order valence-electron chi connectivity index (χ4n) is 2.16. The van der Waals surface area contributed by atoms with Gasteiger partial charge in [0.05, 0.1) is 16.3 Å². The highest BCUT2D eigenvalue weighted by Gasteiger charge is 2.36. The molecule has 0 radical (unpaired) electrons. The summed E-state index contributed by atoms with van der Waals surface area (Å²) in [4.78, 5) is 13.3. The summed E-state index contributed by atoms with van der Waals surface area (Å²) in [6.07, 6.45) is -3.61. The molecule has 1 amide bonds. The molecule has 0 aliphatic carbocycles. The van der Waals surface area contributed by atoms with E-state index in [2.05, 4.69) is 0 Å². The first-order valence-electron chi connectivity index (χ1n) is 6.63. The third-order valence-electron chi connectivity index (χ3n) is 3.25. The topological polar surface area (TPSA) is 46.3 Å². The van der Waals surface area contributed by atoms with Gasteiger partial charge in [0.15, 0.2) is 0 Å². The summed E-state index contributed by atoms with van der Waals surface area (Å²) in [5.74, 6) is -0.752. The molecule has 1 rings (SSSR count). The van der Waals surface area contributed by atoms with Crippen molar-refractivity contribution in [3.8, 4) is 0 Å². The first-order chi connectivity index (χ1) is 9.71. The first-order valence-corrected chi connectivity index (χ1v) is 7.00. The summed E-state index contributed by atoms with van der Waals surface area (Å²) in [5.41, 5.74) is 5.76. The van der Waals surface area contributed by atoms with Gasteiger partial charge in [-0.05, 0) is 25.0 Å². The van der Waals surface area contributed by atoms with Crippen LogP contribution in [0.25, 0.3) is 0 Å². The van der Waals surface area contributed by atoms with Crippen molar-refractivity contribution in [1.82, 2.24) is 4.90 Å². The number of carbonyl (C=O) groups is 1. The second-order valence-electron chi connectivity index (χ2n) is 4.73. The highest BCUT2D eigenvalue weighted by Crippen LogP contribution is 2.27. The molecule has 1 aromatic rings. The van der Waals surface area contributed by atoms with Crippen LogP contribution >= 0.6 is 11.6 Å². The number of nitrogens with zero attached hydrogens (tertiary/aromatic N) is 1. The Hall–Kier alpha value is -1.43. The Balaban J connectivity index is 3.18. The molecule has 0 heterocycles. The van der Waals surface area contributed by atoms with Crippen LogP contribution in [0.1, 0.15) is 37.0 Å². The van der Waals surface area contributed by atoms with Crippen LogP contribution < -0.4 is 5.73 Å². The molecule has 7 heteroatoms. The van der Waals surface area contributed by atoms with Gasteiger partial charge in [-0.25, -0.2) is 0 Å². The number of hydrogen-bond donors (Lipinski definition) is 1. The van der Waals surface area contributed by atoms with Gasteiger partial charge in [0.1, 0.15) is 6.54 Å². The molecule has 0 fully saturated rings. The standard InChI is InChI=1S/C14H18ClF3N2O/c1-3-9(4-2)20(8-14(16,17)18)13(21)10-6-5-7-11(19)12(10)15/h5-7,9H,3-4,8,19H2,1-2H3. The second-order valence-corrected chi connectivity index (χ2v) is 5.11. The van der Waals surface area contributed by atoms with Crippen molar-refractivity contribution in [3.05, 3.63) is 28.8 Å². The van der Waals surface area contributed by atoms with E-state index in [1.807, 2.05) is 0 Å². The summed E-state index contributed by atoms with van der Waals surface area (Å²) >= 11 is 5.94. The second kappa shape index (κ2) is 7.02. The van der Waals surface area contributed by atoms with Gasteiger partial charge in [0.25, 0.3) is 5.91 Å². The van der Waals surface area contributed by atoms with Gasteiger partial charge in [0, 0.05) is 6.04 Å². The van der Waals surface area contributed by atoms with Crippen LogP contribution in [0, 0.1) is 0 Å². The van der Waals surface area contributed by atoms with Crippen LogP contribution in [0.15, 0.2) is 18.2 Å². The van der Waals surface area contributed by atoms with Crippen LogP contribution in [0.3, 0.4) is 0 Å². The SMILES string of the molecule is CCC(CC)N(CC(F)(F)F)C(=O)c1cccc(N)c1Cl. The van der Waals surface area contributed by atoms with E-state index in [9.17, 15) is 18.0 Å². The van der Waals surface area contributed by atoms with Crippen LogP contribution in [-0.2, 0) is 0 Å². The maximum Gasteiger partial charge on any atom is 0.406 e. The molecule has 0 spiro atoms. The van der Waals surface area contributed by atoms with E-state index < -0.39 is 24.7 Å². The number of alkyl halides is 3. The molecule has 0 saturated heterocycles. The molecule has 0 atom stereocenters. The molecule has 1 aromatic carbocycles. The van der Waals surface area contributed by atoms with Gasteiger partial charge in [-0.2, -0.15) is 13.2 Å². The van der Waals surface area contributed by atoms with E-state index in [4.69, 9.17) is 17.3 Å². The molecule has 0 aliphatic rings. The number of amides is 1. The number of nitrogens with two attached hydrogens (primary N) is 1. The number of hydrogen-bond acceptors (Lipinski definition) is 2. The average molecular weight is 323 g/mol. The summed E-state index contributed by atoms with van der Waals surface area (Å²) in [5, 5.41) is -0.0133. The van der Waals surface area contributed by atoms with Crippen LogP contribution in [0.4, 0.5) is 18.9 Å². The van der Waals surface area contributed by atoms with Crippen molar-refractivity contribution in [1.29, 1.82) is 0 Å². The van der Waals surface area contributed by atoms with Crippen molar-refractivity contribution in [2.45, 2.75) is 38.9 Å². The lowest BCUT2D eigenvalue weighted by molar-refractivity contribution is -0.144. The molecule has 0 aliphatic heterocycles. The van der Waals surface area contributed by atoms with Crippen LogP contribution in [0.5, 0.6) is 0 Å². The normalized spacial score (nSPS) is 11.8. The Morgan fingerprint density at radius 3 is 2.38 bits per heavy atom. The summed E-state index contributed by atoms with van der Waals surface area (Å²) in [7, 11) is 0. The minimum atomic E-state index is -4.47. The third kappa shape index (κ3) is 4.52. The van der Waals surface area contributed by atoms with Crippen molar-refractivity contribution in [2.24, 2.45) is 0 Å². The van der Waals surface area contributed by atoms with Crippen molar-refractivity contribution in [3.63, 3.8) is 0 Å². The molecule has 0 saturated carbocycles. The third-order valence-corrected chi connectivity index (χ3v) is 3.67. The highest BCUT2D eigenvalue weighted by atomic mass is 35.5. The Morgan fingerprint density at radius 2 is 1.90 bits per heavy atom. The Labute approximate surface area is 126 Å². The fourth-order valence-corrected chi connectivity index (χ4v) is 2.37. The van der Waals surface area contributed by atoms with E-state index in [1.165, 1.54) is 18.2 Å². The zero-order chi connectivity index (χ0) is 16.2. The zero-order valence-electron chi connectivity index (χ0n) is 11.9. The number of nitrogen functional groups attached to an aromatic ring is 1. The van der Waals surface area contributed by atoms with Crippen LogP contribution in [-0.4, -0.2) is 29.6 Å². The zero-order valence-corrected chi connectivity index (χ0v) is 12.6. The summed E-state index contributed by atoms with van der Waals surface area (Å²) < 4.78 is 38.2. The number of rotatable bonds is 5. The lowest BCUT2D eigenvalue weighted by Crippen LogP contribution is -2.45. The number of halogens is 4. The Bertz CT molecular complexity index is 501. The Morgan fingerprint density at radius 1 is 1.33 bits per heavy atom. The largest absolute Gasteiger partial charge is 0.406 e. The molecule has 2 N–H and O–H groups in total. The van der Waals surface area contributed by atoms with E-state index in [-0.39, 0.29) is 16.3 Å². The van der Waals surface area contributed by atoms with Gasteiger partial charge in [-0.15, -0.1) is 0 Å². The maximum atomic E-state index is 12.7. The smallest absolute Gasteiger partial charge is 0.398 e. The number of anilines is 1. The molecular weight excluding hydrogens is 305 g/mol. The average Bonchev–Trinajstić information content (AvgIpc) is 2.40. The van der Waals surface area contributed by atoms with Gasteiger partial charge >= 0.3 is 6.18 Å². The molecule has 3 nitrogen and oxygen atoms in total. The predicted molar refractivity (Wildman–Crippen MR) is 77.3 cm³/mol.